The van der Waals surface area contributed by atoms with Gasteiger partial charge < -0.3 is 4.90 Å². The largest absolute Gasteiger partial charge is 0.327 e. The molecule has 0 saturated carbocycles. The molecule has 0 aliphatic rings. The summed E-state index contributed by atoms with van der Waals surface area (Å²) < 4.78 is 26.5. The molecule has 0 aliphatic heterocycles. The molecule has 0 heterocycles. The Labute approximate surface area is 167 Å². The van der Waals surface area contributed by atoms with E-state index < -0.39 is 10.0 Å². The van der Waals surface area contributed by atoms with Crippen LogP contribution in [0.2, 0.25) is 0 Å². The maximum atomic E-state index is 12.4. The molecule has 2 aromatic rings. The Morgan fingerprint density at radius 2 is 1.82 bits per heavy atom. The lowest BCUT2D eigenvalue weighted by molar-refractivity contribution is -0.131. The molecule has 0 saturated heterocycles. The maximum absolute atomic E-state index is 12.4. The molecule has 146 valence electrons. The maximum Gasteiger partial charge on any atom is 0.233 e. The van der Waals surface area contributed by atoms with Gasteiger partial charge in [0.15, 0.2) is 0 Å². The van der Waals surface area contributed by atoms with E-state index >= 15 is 0 Å². The first-order chi connectivity index (χ1) is 13.4. The zero-order chi connectivity index (χ0) is 20.4. The number of hydrogen-bond donors (Lipinski definition) is 1. The first kappa shape index (κ1) is 21.4. The number of terminal acetylenes is 1. The number of carbonyl (C=O) groups is 1. The molecule has 0 radical (unpaired) electrons. The number of nitrogens with one attached hydrogen (secondary N) is 1. The lowest BCUT2D eigenvalue weighted by atomic mass is 10.1. The van der Waals surface area contributed by atoms with Crippen molar-refractivity contribution in [3.63, 3.8) is 0 Å². The van der Waals surface area contributed by atoms with Crippen molar-refractivity contribution in [1.29, 1.82) is 0 Å². The molecule has 0 aromatic heterocycles. The second-order valence-corrected chi connectivity index (χ2v) is 7.99. The van der Waals surface area contributed by atoms with Crippen molar-refractivity contribution >= 4 is 22.0 Å². The molecule has 0 fully saturated rings. The molecule has 28 heavy (non-hydrogen) atoms. The van der Waals surface area contributed by atoms with Gasteiger partial charge in [-0.25, -0.2) is 13.1 Å². The third-order valence-electron chi connectivity index (χ3n) is 4.01. The van der Waals surface area contributed by atoms with Gasteiger partial charge in [0.1, 0.15) is 0 Å². The Kier molecular flexibility index (Phi) is 8.00. The van der Waals surface area contributed by atoms with Crippen molar-refractivity contribution in [1.82, 2.24) is 9.62 Å². The van der Waals surface area contributed by atoms with Crippen LogP contribution in [0.5, 0.6) is 0 Å². The molecule has 0 atom stereocenters. The van der Waals surface area contributed by atoms with E-state index in [0.717, 1.165) is 22.1 Å². The Bertz CT molecular complexity index is 944. The highest BCUT2D eigenvalue weighted by atomic mass is 32.2. The smallest absolute Gasteiger partial charge is 0.233 e. The van der Waals surface area contributed by atoms with Gasteiger partial charge in [-0.1, -0.05) is 66.1 Å². The Balaban J connectivity index is 1.88. The minimum atomic E-state index is -3.62. The summed E-state index contributed by atoms with van der Waals surface area (Å²) in [4.78, 5) is 14.0. The standard InChI is InChI=1S/C22H24N2O3S/c1-3-16-24(18-21-11-9-19(2)10-12-21)22(25)13-15-23-28(26,27)17-14-20-7-5-4-6-8-20/h1,4-12,14,17,23H,13,15-16,18H2,2H3/b17-14+. The average molecular weight is 397 g/mol. The summed E-state index contributed by atoms with van der Waals surface area (Å²) in [5, 5.41) is 1.10. The molecule has 2 aromatic carbocycles. The minimum Gasteiger partial charge on any atom is -0.327 e. The summed E-state index contributed by atoms with van der Waals surface area (Å²) in [6.45, 7) is 2.57. The van der Waals surface area contributed by atoms with E-state index in [1.807, 2.05) is 49.4 Å². The lowest BCUT2D eigenvalue weighted by Gasteiger charge is -2.20. The van der Waals surface area contributed by atoms with Crippen LogP contribution in [0.3, 0.4) is 0 Å². The van der Waals surface area contributed by atoms with Crippen LogP contribution in [0.15, 0.2) is 60.0 Å². The highest BCUT2D eigenvalue weighted by molar-refractivity contribution is 7.92. The predicted molar refractivity (Wildman–Crippen MR) is 112 cm³/mol. The van der Waals surface area contributed by atoms with E-state index in [1.165, 1.54) is 6.08 Å². The highest BCUT2D eigenvalue weighted by Gasteiger charge is 2.14. The number of hydrogen-bond acceptors (Lipinski definition) is 3. The Hall–Kier alpha value is -2.88. The summed E-state index contributed by atoms with van der Waals surface area (Å²) in [5.41, 5.74) is 2.89. The van der Waals surface area contributed by atoms with Crippen LogP contribution in [0.25, 0.3) is 6.08 Å². The van der Waals surface area contributed by atoms with Gasteiger partial charge in [-0.3, -0.25) is 4.79 Å². The molecule has 1 N–H and O–H groups in total. The Morgan fingerprint density at radius 1 is 1.14 bits per heavy atom. The second kappa shape index (κ2) is 10.5. The Morgan fingerprint density at radius 3 is 2.46 bits per heavy atom. The van der Waals surface area contributed by atoms with Gasteiger partial charge in [0.25, 0.3) is 0 Å². The van der Waals surface area contributed by atoms with Crippen LogP contribution in [-0.2, 0) is 21.4 Å². The highest BCUT2D eigenvalue weighted by Crippen LogP contribution is 2.08. The van der Waals surface area contributed by atoms with Crippen molar-refractivity contribution in [2.45, 2.75) is 19.9 Å². The van der Waals surface area contributed by atoms with Gasteiger partial charge in [0.05, 0.1) is 6.54 Å². The van der Waals surface area contributed by atoms with Crippen molar-refractivity contribution in [2.24, 2.45) is 0 Å². The molecule has 0 unspecified atom stereocenters. The zero-order valence-corrected chi connectivity index (χ0v) is 16.7. The van der Waals surface area contributed by atoms with Gasteiger partial charge in [0.2, 0.25) is 15.9 Å². The fourth-order valence-electron chi connectivity index (χ4n) is 2.50. The quantitative estimate of drug-likeness (QED) is 0.663. The number of sulfonamides is 1. The van der Waals surface area contributed by atoms with E-state index in [9.17, 15) is 13.2 Å². The number of rotatable bonds is 9. The van der Waals surface area contributed by atoms with Crippen LogP contribution in [0, 0.1) is 19.3 Å². The number of carbonyl (C=O) groups excluding carboxylic acids is 1. The van der Waals surface area contributed by atoms with Gasteiger partial charge >= 0.3 is 0 Å². The molecule has 0 bridgehead atoms. The SMILES string of the molecule is C#CCN(Cc1ccc(C)cc1)C(=O)CCNS(=O)(=O)/C=C/c1ccccc1. The molecule has 6 heteroatoms. The van der Waals surface area contributed by atoms with E-state index in [-0.39, 0.29) is 25.4 Å². The molecule has 2 rings (SSSR count). The molecule has 0 spiro atoms. The van der Waals surface area contributed by atoms with E-state index in [1.54, 1.807) is 17.0 Å². The summed E-state index contributed by atoms with van der Waals surface area (Å²) in [5.74, 6) is 2.28. The molecule has 1 amide bonds. The van der Waals surface area contributed by atoms with E-state index in [2.05, 4.69) is 10.6 Å². The van der Waals surface area contributed by atoms with Gasteiger partial charge in [0, 0.05) is 24.9 Å². The van der Waals surface area contributed by atoms with Crippen LogP contribution < -0.4 is 4.72 Å². The number of aryl methyl sites for hydroxylation is 1. The monoisotopic (exact) mass is 396 g/mol. The first-order valence-corrected chi connectivity index (χ1v) is 10.4. The first-order valence-electron chi connectivity index (χ1n) is 8.89. The van der Waals surface area contributed by atoms with Gasteiger partial charge in [-0.15, -0.1) is 6.42 Å². The zero-order valence-electron chi connectivity index (χ0n) is 15.8. The van der Waals surface area contributed by atoms with Crippen molar-refractivity contribution in [3.8, 4) is 12.3 Å². The van der Waals surface area contributed by atoms with E-state index in [0.29, 0.717) is 6.54 Å². The summed E-state index contributed by atoms with van der Waals surface area (Å²) >= 11 is 0. The predicted octanol–water partition coefficient (Wildman–Crippen LogP) is 2.94. The van der Waals surface area contributed by atoms with Gasteiger partial charge in [-0.05, 0) is 24.1 Å². The lowest BCUT2D eigenvalue weighted by Crippen LogP contribution is -2.34. The molecular weight excluding hydrogens is 372 g/mol. The van der Waals surface area contributed by atoms with Crippen LogP contribution in [0.1, 0.15) is 23.1 Å². The van der Waals surface area contributed by atoms with Crippen molar-refractivity contribution in [3.05, 3.63) is 76.7 Å². The number of amides is 1. The summed E-state index contributed by atoms with van der Waals surface area (Å²) in [7, 11) is -3.62. The molecule has 0 aliphatic carbocycles. The fraction of sp³-hybridized carbons (Fsp3) is 0.227. The van der Waals surface area contributed by atoms with Gasteiger partial charge in [-0.2, -0.15) is 0 Å². The number of nitrogens with zero attached hydrogens (tertiary/aromatic N) is 1. The molecule has 5 nitrogen and oxygen atoms in total. The summed E-state index contributed by atoms with van der Waals surface area (Å²) in [6, 6.07) is 17.0. The number of benzene rings is 2. The van der Waals surface area contributed by atoms with Crippen LogP contribution >= 0.6 is 0 Å². The normalized spacial score (nSPS) is 11.3. The van der Waals surface area contributed by atoms with Crippen molar-refractivity contribution in [2.75, 3.05) is 13.1 Å². The van der Waals surface area contributed by atoms with Crippen LogP contribution in [-0.4, -0.2) is 32.3 Å². The molecular formula is C22H24N2O3S. The summed E-state index contributed by atoms with van der Waals surface area (Å²) in [6.07, 6.45) is 6.91. The third kappa shape index (κ3) is 7.39. The van der Waals surface area contributed by atoms with E-state index in [4.69, 9.17) is 6.42 Å². The van der Waals surface area contributed by atoms with Crippen LogP contribution in [0.4, 0.5) is 0 Å². The topological polar surface area (TPSA) is 66.5 Å². The second-order valence-electron chi connectivity index (χ2n) is 6.34. The third-order valence-corrected chi connectivity index (χ3v) is 5.11. The average Bonchev–Trinajstić information content (AvgIpc) is 2.68. The van der Waals surface area contributed by atoms with Crippen molar-refractivity contribution < 1.29 is 13.2 Å². The minimum absolute atomic E-state index is 0.00919. The fourth-order valence-corrected chi connectivity index (χ4v) is 3.31.